The third-order valence-corrected chi connectivity index (χ3v) is 5.06. The number of hydrogen-bond donors (Lipinski definition) is 2. The number of nitrogens with zero attached hydrogens (tertiary/aromatic N) is 3. The molecule has 2 N–H and O–H groups in total. The third-order valence-electron chi connectivity index (χ3n) is 4.45. The van der Waals surface area contributed by atoms with Gasteiger partial charge in [0, 0.05) is 18.2 Å². The fraction of sp³-hybridized carbons (Fsp3) is 0.150. The molecule has 2 aromatic heterocycles. The van der Waals surface area contributed by atoms with E-state index in [1.807, 2.05) is 13.8 Å². The summed E-state index contributed by atoms with van der Waals surface area (Å²) in [5.74, 6) is -0.0277. The molecule has 1 amide bonds. The Hall–Kier alpha value is -2.90. The Labute approximate surface area is 175 Å². The Morgan fingerprint density at radius 2 is 2.03 bits per heavy atom. The summed E-state index contributed by atoms with van der Waals surface area (Å²) in [6.45, 7) is 4.41. The van der Waals surface area contributed by atoms with E-state index in [1.165, 1.54) is 18.2 Å². The molecule has 0 aliphatic heterocycles. The molecular formula is C20H16Cl2FN5O. The number of anilines is 1. The van der Waals surface area contributed by atoms with Gasteiger partial charge in [0.2, 0.25) is 0 Å². The second kappa shape index (κ2) is 7.50. The molecule has 2 aromatic carbocycles. The van der Waals surface area contributed by atoms with E-state index < -0.39 is 5.82 Å². The molecular weight excluding hydrogens is 416 g/mol. The molecule has 4 aromatic rings. The zero-order valence-corrected chi connectivity index (χ0v) is 17.1. The van der Waals surface area contributed by atoms with Crippen molar-refractivity contribution < 1.29 is 9.18 Å². The van der Waals surface area contributed by atoms with Gasteiger partial charge in [-0.05, 0) is 38.1 Å². The van der Waals surface area contributed by atoms with Crippen LogP contribution in [0.25, 0.3) is 22.4 Å². The lowest BCUT2D eigenvalue weighted by atomic mass is 10.2. The predicted molar refractivity (Wildman–Crippen MR) is 112 cm³/mol. The molecule has 29 heavy (non-hydrogen) atoms. The Balaban J connectivity index is 1.73. The number of rotatable bonds is 4. The first kappa shape index (κ1) is 19.4. The van der Waals surface area contributed by atoms with Crippen LogP contribution in [0.4, 0.5) is 10.2 Å². The molecule has 6 nitrogen and oxygen atoms in total. The Morgan fingerprint density at radius 3 is 2.76 bits per heavy atom. The third kappa shape index (κ3) is 3.59. The molecule has 0 atom stereocenters. The minimum atomic E-state index is -0.506. The molecule has 2 heterocycles. The lowest BCUT2D eigenvalue weighted by Crippen LogP contribution is -2.15. The van der Waals surface area contributed by atoms with Crippen molar-refractivity contribution >= 4 is 46.0 Å². The number of fused-ring (bicyclic) bond motifs is 1. The minimum absolute atomic E-state index is 0.148. The highest BCUT2D eigenvalue weighted by Gasteiger charge is 2.18. The highest BCUT2D eigenvalue weighted by atomic mass is 35.5. The van der Waals surface area contributed by atoms with Gasteiger partial charge in [0.15, 0.2) is 0 Å². The highest BCUT2D eigenvalue weighted by molar-refractivity contribution is 6.36. The summed E-state index contributed by atoms with van der Waals surface area (Å²) in [4.78, 5) is 20.1. The van der Waals surface area contributed by atoms with Crippen molar-refractivity contribution in [1.29, 1.82) is 0 Å². The van der Waals surface area contributed by atoms with Gasteiger partial charge in [0.1, 0.15) is 17.5 Å². The second-order valence-corrected chi connectivity index (χ2v) is 7.29. The van der Waals surface area contributed by atoms with E-state index in [9.17, 15) is 9.18 Å². The summed E-state index contributed by atoms with van der Waals surface area (Å²) in [7, 11) is 0. The fourth-order valence-electron chi connectivity index (χ4n) is 3.12. The van der Waals surface area contributed by atoms with Gasteiger partial charge in [-0.15, -0.1) is 0 Å². The maximum absolute atomic E-state index is 14.2. The number of aromatic amines is 1. The smallest absolute Gasteiger partial charge is 0.256 e. The number of H-pyrrole nitrogens is 1. The number of nitrogens with one attached hydrogen (secondary N) is 2. The number of halogens is 3. The number of benzene rings is 2. The van der Waals surface area contributed by atoms with Crippen molar-refractivity contribution in [3.05, 3.63) is 63.5 Å². The molecule has 0 fully saturated rings. The molecule has 0 saturated heterocycles. The number of aryl methyl sites for hydroxylation is 2. The zero-order valence-electron chi connectivity index (χ0n) is 15.6. The number of amides is 1. The van der Waals surface area contributed by atoms with Crippen molar-refractivity contribution in [3.63, 3.8) is 0 Å². The minimum Gasteiger partial charge on any atom is -0.337 e. The van der Waals surface area contributed by atoms with E-state index in [-0.39, 0.29) is 22.3 Å². The summed E-state index contributed by atoms with van der Waals surface area (Å²) < 4.78 is 15.9. The van der Waals surface area contributed by atoms with Crippen LogP contribution in [0.5, 0.6) is 0 Å². The highest BCUT2D eigenvalue weighted by Crippen LogP contribution is 2.32. The van der Waals surface area contributed by atoms with Gasteiger partial charge in [-0.25, -0.2) is 14.1 Å². The van der Waals surface area contributed by atoms with Gasteiger partial charge in [-0.3, -0.25) is 4.79 Å². The Bertz CT molecular complexity index is 1230. The van der Waals surface area contributed by atoms with Gasteiger partial charge >= 0.3 is 0 Å². The van der Waals surface area contributed by atoms with Gasteiger partial charge in [0.05, 0.1) is 32.3 Å². The van der Waals surface area contributed by atoms with Gasteiger partial charge in [0.25, 0.3) is 5.91 Å². The second-order valence-electron chi connectivity index (χ2n) is 6.48. The number of aromatic nitrogens is 4. The molecule has 0 radical (unpaired) electrons. The first-order valence-corrected chi connectivity index (χ1v) is 9.62. The summed E-state index contributed by atoms with van der Waals surface area (Å²) in [5.41, 5.74) is 2.19. The zero-order chi connectivity index (χ0) is 20.7. The van der Waals surface area contributed by atoms with Crippen LogP contribution in [0.1, 0.15) is 23.0 Å². The molecule has 0 spiro atoms. The molecule has 9 heteroatoms. The number of imidazole rings is 1. The van der Waals surface area contributed by atoms with Crippen LogP contribution in [0.3, 0.4) is 0 Å². The van der Waals surface area contributed by atoms with Crippen LogP contribution in [-0.4, -0.2) is 25.7 Å². The molecule has 0 aliphatic rings. The van der Waals surface area contributed by atoms with Crippen LogP contribution in [-0.2, 0) is 6.54 Å². The average Bonchev–Trinajstić information content (AvgIpc) is 3.24. The largest absolute Gasteiger partial charge is 0.337 e. The molecule has 148 valence electrons. The first-order chi connectivity index (χ1) is 13.9. The maximum atomic E-state index is 14.2. The van der Waals surface area contributed by atoms with Crippen molar-refractivity contribution in [1.82, 2.24) is 19.7 Å². The van der Waals surface area contributed by atoms with Crippen LogP contribution in [0, 0.1) is 12.7 Å². The van der Waals surface area contributed by atoms with Crippen LogP contribution < -0.4 is 5.32 Å². The molecule has 0 aliphatic carbocycles. The van der Waals surface area contributed by atoms with Gasteiger partial charge in [-0.1, -0.05) is 29.3 Å². The number of carbonyl (C=O) groups is 1. The summed E-state index contributed by atoms with van der Waals surface area (Å²) in [6, 6.07) is 9.30. The van der Waals surface area contributed by atoms with Crippen molar-refractivity contribution in [2.75, 3.05) is 5.32 Å². The topological polar surface area (TPSA) is 75.6 Å². The lowest BCUT2D eigenvalue weighted by Gasteiger charge is -2.07. The average molecular weight is 432 g/mol. The monoisotopic (exact) mass is 431 g/mol. The summed E-state index contributed by atoms with van der Waals surface area (Å²) in [5, 5.41) is 7.65. The molecule has 0 unspecified atom stereocenters. The standard InChI is InChI=1S/C20H16Cl2FN5O/c1-3-28-16(7-10(2)27-28)25-20(29)11-8-13(22)18-15(9-11)24-19(26-18)17-12(21)5-4-6-14(17)23/h4-9H,3H2,1-2H3,(H,24,26)(H,25,29). The van der Waals surface area contributed by atoms with E-state index in [0.29, 0.717) is 34.0 Å². The van der Waals surface area contributed by atoms with Crippen molar-refractivity contribution in [2.45, 2.75) is 20.4 Å². The lowest BCUT2D eigenvalue weighted by molar-refractivity contribution is 0.102. The molecule has 0 saturated carbocycles. The van der Waals surface area contributed by atoms with E-state index in [0.717, 1.165) is 5.69 Å². The van der Waals surface area contributed by atoms with Crippen molar-refractivity contribution in [3.8, 4) is 11.4 Å². The first-order valence-electron chi connectivity index (χ1n) is 8.86. The Morgan fingerprint density at radius 1 is 1.24 bits per heavy atom. The molecule has 4 rings (SSSR count). The number of carbonyl (C=O) groups excluding carboxylic acids is 1. The van der Waals surface area contributed by atoms with Crippen LogP contribution >= 0.6 is 23.2 Å². The quantitative estimate of drug-likeness (QED) is 0.450. The Kier molecular flexibility index (Phi) is 5.02. The van der Waals surface area contributed by atoms with Crippen LogP contribution in [0.15, 0.2) is 36.4 Å². The van der Waals surface area contributed by atoms with E-state index in [4.69, 9.17) is 23.2 Å². The van der Waals surface area contributed by atoms with Gasteiger partial charge in [-0.2, -0.15) is 5.10 Å². The van der Waals surface area contributed by atoms with E-state index >= 15 is 0 Å². The molecule has 0 bridgehead atoms. The SMILES string of the molecule is CCn1nc(C)cc1NC(=O)c1cc(Cl)c2[nH]c(-c3c(F)cccc3Cl)nc2c1. The maximum Gasteiger partial charge on any atom is 0.256 e. The summed E-state index contributed by atoms with van der Waals surface area (Å²) >= 11 is 12.5. The van der Waals surface area contributed by atoms with E-state index in [2.05, 4.69) is 20.4 Å². The van der Waals surface area contributed by atoms with Crippen molar-refractivity contribution in [2.24, 2.45) is 0 Å². The van der Waals surface area contributed by atoms with Gasteiger partial charge < -0.3 is 10.3 Å². The van der Waals surface area contributed by atoms with E-state index in [1.54, 1.807) is 22.9 Å². The normalized spacial score (nSPS) is 11.2. The van der Waals surface area contributed by atoms with Crippen LogP contribution in [0.2, 0.25) is 10.0 Å². The predicted octanol–water partition coefficient (Wildman–Crippen LogP) is 5.45. The summed E-state index contributed by atoms with van der Waals surface area (Å²) in [6.07, 6.45) is 0. The number of hydrogen-bond acceptors (Lipinski definition) is 3. The fourth-order valence-corrected chi connectivity index (χ4v) is 3.63.